The van der Waals surface area contributed by atoms with Crippen molar-refractivity contribution in [2.45, 2.75) is 0 Å². The number of hydrogen-bond donors (Lipinski definition) is 0. The van der Waals surface area contributed by atoms with E-state index in [2.05, 4.69) is 20.1 Å². The molecule has 1 amide bonds. The summed E-state index contributed by atoms with van der Waals surface area (Å²) in [5.74, 6) is -0.0768. The largest absolute Gasteiger partial charge is 0.378 e. The summed E-state index contributed by atoms with van der Waals surface area (Å²) in [5.41, 5.74) is 2.42. The number of carbonyl (C=O) groups is 1. The van der Waals surface area contributed by atoms with Gasteiger partial charge in [0, 0.05) is 31.7 Å². The van der Waals surface area contributed by atoms with Crippen LogP contribution in [0.4, 0.5) is 0 Å². The predicted molar refractivity (Wildman–Crippen MR) is 80.7 cm³/mol. The molecule has 8 heteroatoms. The molecule has 1 fully saturated rings. The maximum Gasteiger partial charge on any atom is 0.259 e. The smallest absolute Gasteiger partial charge is 0.259 e. The average molecular weight is 310 g/mol. The molecule has 0 aromatic carbocycles. The van der Waals surface area contributed by atoms with Crippen molar-refractivity contribution in [1.82, 2.24) is 29.5 Å². The Bertz CT molecular complexity index is 842. The van der Waals surface area contributed by atoms with Crippen LogP contribution in [0.5, 0.6) is 0 Å². The summed E-state index contributed by atoms with van der Waals surface area (Å²) in [6.45, 7) is 2.28. The Morgan fingerprint density at radius 1 is 1.09 bits per heavy atom. The van der Waals surface area contributed by atoms with Gasteiger partial charge in [-0.25, -0.2) is 9.50 Å². The fourth-order valence-corrected chi connectivity index (χ4v) is 2.60. The first-order valence-electron chi connectivity index (χ1n) is 7.31. The zero-order valence-electron chi connectivity index (χ0n) is 12.3. The van der Waals surface area contributed by atoms with Crippen molar-refractivity contribution in [3.05, 3.63) is 42.6 Å². The van der Waals surface area contributed by atoms with E-state index in [1.165, 1.54) is 0 Å². The highest BCUT2D eigenvalue weighted by atomic mass is 16.5. The van der Waals surface area contributed by atoms with Gasteiger partial charge >= 0.3 is 0 Å². The van der Waals surface area contributed by atoms with E-state index in [-0.39, 0.29) is 5.91 Å². The third-order valence-electron chi connectivity index (χ3n) is 3.76. The van der Waals surface area contributed by atoms with Gasteiger partial charge in [-0.2, -0.15) is 5.10 Å². The molecule has 23 heavy (non-hydrogen) atoms. The molecule has 1 aliphatic heterocycles. The van der Waals surface area contributed by atoms with Gasteiger partial charge in [-0.15, -0.1) is 0 Å². The number of rotatable bonds is 2. The Kier molecular flexibility index (Phi) is 3.43. The average Bonchev–Trinajstić information content (AvgIpc) is 3.06. The summed E-state index contributed by atoms with van der Waals surface area (Å²) in [7, 11) is 0. The van der Waals surface area contributed by atoms with Crippen molar-refractivity contribution in [3.8, 4) is 11.4 Å². The van der Waals surface area contributed by atoms with Gasteiger partial charge in [0.05, 0.1) is 31.3 Å². The number of aromatic nitrogens is 5. The number of hydrogen-bond acceptors (Lipinski definition) is 6. The van der Waals surface area contributed by atoms with Gasteiger partial charge in [-0.05, 0) is 6.07 Å². The number of carbonyl (C=O) groups excluding carboxylic acids is 1. The van der Waals surface area contributed by atoms with Crippen molar-refractivity contribution in [3.63, 3.8) is 0 Å². The van der Waals surface area contributed by atoms with E-state index in [0.717, 1.165) is 5.69 Å². The molecule has 116 valence electrons. The molecule has 0 aliphatic carbocycles. The molecule has 0 N–H and O–H groups in total. The van der Waals surface area contributed by atoms with Crippen LogP contribution in [0.2, 0.25) is 0 Å². The van der Waals surface area contributed by atoms with Gasteiger partial charge < -0.3 is 9.64 Å². The second-order valence-electron chi connectivity index (χ2n) is 5.12. The summed E-state index contributed by atoms with van der Waals surface area (Å²) in [6.07, 6.45) is 8.08. The van der Waals surface area contributed by atoms with E-state index < -0.39 is 0 Å². The molecule has 1 saturated heterocycles. The molecule has 3 aromatic rings. The topological polar surface area (TPSA) is 85.5 Å². The molecule has 8 nitrogen and oxygen atoms in total. The van der Waals surface area contributed by atoms with Gasteiger partial charge in [0.1, 0.15) is 11.3 Å². The van der Waals surface area contributed by atoms with Gasteiger partial charge in [0.2, 0.25) is 0 Å². The highest BCUT2D eigenvalue weighted by Crippen LogP contribution is 2.19. The second kappa shape index (κ2) is 5.73. The van der Waals surface area contributed by atoms with E-state index in [4.69, 9.17) is 4.74 Å². The molecular formula is C15H14N6O2. The summed E-state index contributed by atoms with van der Waals surface area (Å²) in [4.78, 5) is 27.1. The molecule has 4 heterocycles. The van der Waals surface area contributed by atoms with Gasteiger partial charge in [0.25, 0.3) is 5.91 Å². The lowest BCUT2D eigenvalue weighted by molar-refractivity contribution is 0.0304. The Morgan fingerprint density at radius 3 is 2.74 bits per heavy atom. The van der Waals surface area contributed by atoms with Crippen molar-refractivity contribution in [2.24, 2.45) is 0 Å². The molecule has 0 radical (unpaired) electrons. The molecule has 1 aliphatic rings. The number of amides is 1. The van der Waals surface area contributed by atoms with E-state index in [1.807, 2.05) is 0 Å². The van der Waals surface area contributed by atoms with Crippen molar-refractivity contribution >= 4 is 11.6 Å². The highest BCUT2D eigenvalue weighted by Gasteiger charge is 2.23. The van der Waals surface area contributed by atoms with Crippen LogP contribution in [0, 0.1) is 0 Å². The van der Waals surface area contributed by atoms with E-state index in [9.17, 15) is 4.79 Å². The van der Waals surface area contributed by atoms with Crippen LogP contribution < -0.4 is 0 Å². The Hall–Kier alpha value is -2.87. The minimum Gasteiger partial charge on any atom is -0.378 e. The first kappa shape index (κ1) is 13.8. The second-order valence-corrected chi connectivity index (χ2v) is 5.12. The molecule has 0 saturated carbocycles. The predicted octanol–water partition coefficient (Wildman–Crippen LogP) is 0.659. The fraction of sp³-hybridized carbons (Fsp3) is 0.267. The zero-order chi connectivity index (χ0) is 15.6. The quantitative estimate of drug-likeness (QED) is 0.691. The fourth-order valence-electron chi connectivity index (χ4n) is 2.60. The van der Waals surface area contributed by atoms with Crippen LogP contribution in [-0.2, 0) is 4.74 Å². The summed E-state index contributed by atoms with van der Waals surface area (Å²) in [5, 5.41) is 4.32. The van der Waals surface area contributed by atoms with Crippen LogP contribution in [0.25, 0.3) is 17.0 Å². The molecular weight excluding hydrogens is 296 g/mol. The maximum absolute atomic E-state index is 12.7. The lowest BCUT2D eigenvalue weighted by Crippen LogP contribution is -2.40. The monoisotopic (exact) mass is 310 g/mol. The van der Waals surface area contributed by atoms with E-state index >= 15 is 0 Å². The minimum atomic E-state index is -0.0768. The molecule has 0 atom stereocenters. The number of nitrogens with zero attached hydrogens (tertiary/aromatic N) is 6. The summed E-state index contributed by atoms with van der Waals surface area (Å²) < 4.78 is 6.91. The molecule has 0 unspecified atom stereocenters. The van der Waals surface area contributed by atoms with Gasteiger partial charge in [0.15, 0.2) is 5.65 Å². The minimum absolute atomic E-state index is 0.0768. The third-order valence-corrected chi connectivity index (χ3v) is 3.76. The lowest BCUT2D eigenvalue weighted by atomic mass is 10.2. The number of fused-ring (bicyclic) bond motifs is 1. The first-order chi connectivity index (χ1) is 11.3. The van der Waals surface area contributed by atoms with Gasteiger partial charge in [-0.1, -0.05) is 0 Å². The van der Waals surface area contributed by atoms with Crippen LogP contribution in [0.1, 0.15) is 10.4 Å². The van der Waals surface area contributed by atoms with Crippen molar-refractivity contribution < 1.29 is 9.53 Å². The van der Waals surface area contributed by atoms with E-state index in [1.54, 1.807) is 46.5 Å². The Morgan fingerprint density at radius 2 is 1.96 bits per heavy atom. The van der Waals surface area contributed by atoms with Crippen LogP contribution in [-0.4, -0.2) is 61.7 Å². The highest BCUT2D eigenvalue weighted by molar-refractivity contribution is 5.99. The van der Waals surface area contributed by atoms with E-state index in [0.29, 0.717) is 43.2 Å². The van der Waals surface area contributed by atoms with Crippen LogP contribution >= 0.6 is 0 Å². The molecule has 3 aromatic heterocycles. The van der Waals surface area contributed by atoms with Crippen molar-refractivity contribution in [1.29, 1.82) is 0 Å². The zero-order valence-corrected chi connectivity index (χ0v) is 12.3. The van der Waals surface area contributed by atoms with Crippen LogP contribution in [0.15, 0.2) is 37.1 Å². The van der Waals surface area contributed by atoms with Crippen LogP contribution in [0.3, 0.4) is 0 Å². The molecule has 0 bridgehead atoms. The standard InChI is InChI=1S/C15H14N6O2/c22-15(20-5-7-23-8-6-20)11-9-19-21-13(1-2-18-14(11)21)12-10-16-3-4-17-12/h1-4,9-10H,5-8H2. The normalized spacial score (nSPS) is 15.0. The molecule has 4 rings (SSSR count). The summed E-state index contributed by atoms with van der Waals surface area (Å²) >= 11 is 0. The number of morpholine rings is 1. The SMILES string of the molecule is O=C(c1cnn2c(-c3cnccn3)ccnc12)N1CCOCC1. The maximum atomic E-state index is 12.7. The summed E-state index contributed by atoms with van der Waals surface area (Å²) in [6, 6.07) is 1.80. The van der Waals surface area contributed by atoms with Crippen molar-refractivity contribution in [2.75, 3.05) is 26.3 Å². The molecule has 0 spiro atoms. The van der Waals surface area contributed by atoms with Gasteiger partial charge in [-0.3, -0.25) is 14.8 Å². The number of ether oxygens (including phenoxy) is 1. The Labute approximate surface area is 131 Å². The lowest BCUT2D eigenvalue weighted by Gasteiger charge is -2.26. The Balaban J connectivity index is 1.77. The third kappa shape index (κ3) is 2.42. The first-order valence-corrected chi connectivity index (χ1v) is 7.31.